The van der Waals surface area contributed by atoms with Gasteiger partial charge in [-0.05, 0) is 42.5 Å². The number of hydrogen-bond donors (Lipinski definition) is 1. The minimum Gasteiger partial charge on any atom is -0.482 e. The number of hydrogen-bond acceptors (Lipinski definition) is 7. The van der Waals surface area contributed by atoms with Gasteiger partial charge in [-0.15, -0.1) is 0 Å². The van der Waals surface area contributed by atoms with Crippen LogP contribution in [-0.2, 0) is 16.6 Å². The van der Waals surface area contributed by atoms with E-state index in [2.05, 4.69) is 16.5 Å². The topological polar surface area (TPSA) is 116 Å². The second kappa shape index (κ2) is 6.95. The molecule has 1 unspecified atom stereocenters. The van der Waals surface area contributed by atoms with Crippen LogP contribution in [0.5, 0.6) is 11.5 Å². The zero-order valence-corrected chi connectivity index (χ0v) is 17.2. The van der Waals surface area contributed by atoms with Gasteiger partial charge < -0.3 is 19.2 Å². The Morgan fingerprint density at radius 1 is 1.09 bits per heavy atom. The third-order valence-electron chi connectivity index (χ3n) is 5.57. The molecule has 4 heterocycles. The van der Waals surface area contributed by atoms with Crippen LogP contribution in [0.2, 0.25) is 0 Å². The smallest absolute Gasteiger partial charge is 0.419 e. The molecule has 4 aromatic rings. The number of fused-ring (bicyclic) bond motifs is 3. The first-order chi connectivity index (χ1) is 16.0. The number of benzene rings is 2. The summed E-state index contributed by atoms with van der Waals surface area (Å²) >= 11 is 0. The number of nitrogens with zero attached hydrogens (tertiary/aromatic N) is 3. The van der Waals surface area contributed by atoms with Crippen LogP contribution in [0.25, 0.3) is 11.1 Å². The van der Waals surface area contributed by atoms with Crippen molar-refractivity contribution in [2.24, 2.45) is 7.05 Å². The van der Waals surface area contributed by atoms with Crippen LogP contribution in [0.4, 0.5) is 17.2 Å². The van der Waals surface area contributed by atoms with Crippen molar-refractivity contribution in [3.8, 4) is 11.5 Å². The van der Waals surface area contributed by atoms with E-state index in [-0.39, 0.29) is 18.3 Å². The second-order valence-corrected chi connectivity index (χ2v) is 7.61. The summed E-state index contributed by atoms with van der Waals surface area (Å²) < 4.78 is 18.1. The van der Waals surface area contributed by atoms with Crippen molar-refractivity contribution >= 4 is 40.1 Å². The highest BCUT2D eigenvalue weighted by atomic mass is 16.5. The van der Waals surface area contributed by atoms with Gasteiger partial charge in [-0.1, -0.05) is 6.07 Å². The third kappa shape index (κ3) is 2.95. The molecule has 6 rings (SSSR count). The van der Waals surface area contributed by atoms with E-state index in [9.17, 15) is 14.4 Å². The number of ether oxygens (including phenoxy) is 2. The normalized spacial score (nSPS) is 17.1. The number of oxazole rings is 1. The van der Waals surface area contributed by atoms with E-state index < -0.39 is 17.8 Å². The molecule has 1 atom stereocenters. The lowest BCUT2D eigenvalue weighted by Gasteiger charge is -2.33. The van der Waals surface area contributed by atoms with Gasteiger partial charge in [0.15, 0.2) is 23.8 Å². The first kappa shape index (κ1) is 19.1. The standard InChI is InChI=1S/C23H15N4O6/c1-26-15-6-4-12(9-18(15)33-23(26)30)20-22(29)27(21-17(32-20)3-2-8-24-21)13-5-7-16-14(10-13)25-19(28)11-31-16/h2-7,9-10,20H,11H2,1H3,(H,25,28). The zero-order valence-electron chi connectivity index (χ0n) is 17.2. The van der Waals surface area contributed by atoms with Crippen LogP contribution in [0.3, 0.4) is 0 Å². The molecule has 0 bridgehead atoms. The SMILES string of the molecule is Cn1c(=O)oc2cc(C3Oc4cc[c]nc4N(c4ccc5c(c4)NC(=O)CO5)C3=O)ccc21. The maximum Gasteiger partial charge on any atom is 0.419 e. The molecule has 10 nitrogen and oxygen atoms in total. The first-order valence-electron chi connectivity index (χ1n) is 10.0. The van der Waals surface area contributed by atoms with E-state index >= 15 is 0 Å². The van der Waals surface area contributed by atoms with Crippen LogP contribution < -0.4 is 25.4 Å². The molecule has 2 aromatic carbocycles. The van der Waals surface area contributed by atoms with Gasteiger partial charge in [0, 0.05) is 12.6 Å². The van der Waals surface area contributed by atoms with Crippen LogP contribution in [-0.4, -0.2) is 28.0 Å². The molecule has 2 aromatic heterocycles. The van der Waals surface area contributed by atoms with Crippen LogP contribution >= 0.6 is 0 Å². The predicted octanol–water partition coefficient (Wildman–Crippen LogP) is 2.46. The fourth-order valence-corrected chi connectivity index (χ4v) is 3.98. The summed E-state index contributed by atoms with van der Waals surface area (Å²) in [7, 11) is 1.61. The minimum atomic E-state index is -1.02. The molecule has 0 aliphatic carbocycles. The van der Waals surface area contributed by atoms with E-state index in [4.69, 9.17) is 13.9 Å². The number of aryl methyl sites for hydroxylation is 1. The molecular formula is C23H15N4O6. The zero-order chi connectivity index (χ0) is 22.7. The number of nitrogens with one attached hydrogen (secondary N) is 1. The van der Waals surface area contributed by atoms with E-state index in [1.165, 1.54) is 9.47 Å². The lowest BCUT2D eigenvalue weighted by molar-refractivity contribution is -0.125. The highest BCUT2D eigenvalue weighted by molar-refractivity contribution is 6.06. The van der Waals surface area contributed by atoms with Crippen LogP contribution in [0, 0.1) is 6.20 Å². The van der Waals surface area contributed by atoms with E-state index in [1.54, 1.807) is 55.6 Å². The fourth-order valence-electron chi connectivity index (χ4n) is 3.98. The Labute approximate surface area is 186 Å². The monoisotopic (exact) mass is 443 g/mol. The average Bonchev–Trinajstić information content (AvgIpc) is 3.11. The van der Waals surface area contributed by atoms with Crippen LogP contribution in [0.1, 0.15) is 11.7 Å². The molecule has 1 N–H and O–H groups in total. The number of amides is 2. The van der Waals surface area contributed by atoms with E-state index in [1.807, 2.05) is 0 Å². The molecule has 1 radical (unpaired) electrons. The third-order valence-corrected chi connectivity index (χ3v) is 5.57. The summed E-state index contributed by atoms with van der Waals surface area (Å²) in [4.78, 5) is 42.9. The molecule has 0 fully saturated rings. The Hall–Kier alpha value is -4.60. The van der Waals surface area contributed by atoms with Crippen molar-refractivity contribution < 1.29 is 23.5 Å². The lowest BCUT2D eigenvalue weighted by atomic mass is 10.0. The molecule has 10 heteroatoms. The maximum atomic E-state index is 13.7. The second-order valence-electron chi connectivity index (χ2n) is 7.61. The Balaban J connectivity index is 1.47. The van der Waals surface area contributed by atoms with E-state index in [0.717, 1.165) is 0 Å². The number of aromatic nitrogens is 2. The number of carbonyl (C=O) groups is 2. The van der Waals surface area contributed by atoms with Crippen molar-refractivity contribution in [3.05, 3.63) is 70.8 Å². The molecule has 2 amide bonds. The summed E-state index contributed by atoms with van der Waals surface area (Å²) in [6.45, 7) is -0.0671. The number of anilines is 3. The summed E-state index contributed by atoms with van der Waals surface area (Å²) in [6.07, 6.45) is 1.71. The van der Waals surface area contributed by atoms with Crippen LogP contribution in [0.15, 0.2) is 57.7 Å². The van der Waals surface area contributed by atoms with Gasteiger partial charge in [-0.2, -0.15) is 0 Å². The first-order valence-corrected chi connectivity index (χ1v) is 10.0. The lowest BCUT2D eigenvalue weighted by Crippen LogP contribution is -2.38. The predicted molar refractivity (Wildman–Crippen MR) is 116 cm³/mol. The molecule has 163 valence electrons. The molecule has 0 saturated heterocycles. The molecule has 0 spiro atoms. The molecule has 33 heavy (non-hydrogen) atoms. The van der Waals surface area contributed by atoms with Crippen molar-refractivity contribution in [2.75, 3.05) is 16.8 Å². The highest BCUT2D eigenvalue weighted by Gasteiger charge is 2.38. The van der Waals surface area contributed by atoms with E-state index in [0.29, 0.717) is 39.5 Å². The van der Waals surface area contributed by atoms with Gasteiger partial charge in [-0.25, -0.2) is 9.78 Å². The quantitative estimate of drug-likeness (QED) is 0.506. The van der Waals surface area contributed by atoms with Crippen molar-refractivity contribution in [1.82, 2.24) is 9.55 Å². The molecule has 2 aliphatic heterocycles. The fraction of sp³-hybridized carbons (Fsp3) is 0.130. The van der Waals surface area contributed by atoms with Gasteiger partial charge >= 0.3 is 5.76 Å². The molecule has 2 aliphatic rings. The Kier molecular flexibility index (Phi) is 4.03. The summed E-state index contributed by atoms with van der Waals surface area (Å²) in [6, 6.07) is 13.3. The van der Waals surface area contributed by atoms with Crippen molar-refractivity contribution in [3.63, 3.8) is 0 Å². The summed E-state index contributed by atoms with van der Waals surface area (Å²) in [5.41, 5.74) is 2.39. The summed E-state index contributed by atoms with van der Waals surface area (Å²) in [5, 5.41) is 2.74. The van der Waals surface area contributed by atoms with Gasteiger partial charge in [0.1, 0.15) is 5.75 Å². The van der Waals surface area contributed by atoms with Gasteiger partial charge in [0.05, 0.1) is 23.1 Å². The number of rotatable bonds is 2. The molecular weight excluding hydrogens is 428 g/mol. The number of carbonyl (C=O) groups excluding carboxylic acids is 2. The van der Waals surface area contributed by atoms with Gasteiger partial charge in [0.25, 0.3) is 11.8 Å². The Morgan fingerprint density at radius 2 is 1.97 bits per heavy atom. The largest absolute Gasteiger partial charge is 0.482 e. The molecule has 0 saturated carbocycles. The minimum absolute atomic E-state index is 0.0671. The van der Waals surface area contributed by atoms with Crippen molar-refractivity contribution in [1.29, 1.82) is 0 Å². The maximum absolute atomic E-state index is 13.7. The van der Waals surface area contributed by atoms with Gasteiger partial charge in [-0.3, -0.25) is 19.1 Å². The Morgan fingerprint density at radius 3 is 2.85 bits per heavy atom. The van der Waals surface area contributed by atoms with Gasteiger partial charge in [0.2, 0.25) is 6.10 Å². The summed E-state index contributed by atoms with van der Waals surface area (Å²) in [5.74, 6) is -0.0262. The Bertz CT molecular complexity index is 1520. The highest BCUT2D eigenvalue weighted by Crippen LogP contribution is 2.43. The number of pyridine rings is 1. The van der Waals surface area contributed by atoms with Crippen molar-refractivity contribution in [2.45, 2.75) is 6.10 Å². The average molecular weight is 443 g/mol.